The first-order chi connectivity index (χ1) is 15.7. The van der Waals surface area contributed by atoms with Crippen LogP contribution in [0.3, 0.4) is 0 Å². The van der Waals surface area contributed by atoms with E-state index >= 15 is 0 Å². The van der Waals surface area contributed by atoms with Crippen LogP contribution >= 0.6 is 0 Å². The summed E-state index contributed by atoms with van der Waals surface area (Å²) < 4.78 is 27.0. The molecule has 3 N–H and O–H groups in total. The summed E-state index contributed by atoms with van der Waals surface area (Å²) in [5, 5.41) is 9.09. The van der Waals surface area contributed by atoms with Gasteiger partial charge in [-0.25, -0.2) is 27.2 Å². The Morgan fingerprint density at radius 2 is 1.91 bits per heavy atom. The van der Waals surface area contributed by atoms with Gasteiger partial charge in [0, 0.05) is 25.2 Å². The SMILES string of the molecule is Cc1ccc(S(=O)(=O)n2ccc3nc(NNC(=O)[C@@H]4CC[C@@H](N(C)C(=O)O)C4)cnc32)cc1. The second-order valence-corrected chi connectivity index (χ2v) is 9.88. The Balaban J connectivity index is 1.44. The molecule has 174 valence electrons. The third-order valence-electron chi connectivity index (χ3n) is 5.87. The number of rotatable bonds is 6. The van der Waals surface area contributed by atoms with Crippen molar-refractivity contribution in [1.82, 2.24) is 24.3 Å². The lowest BCUT2D eigenvalue weighted by atomic mass is 10.1. The Morgan fingerprint density at radius 1 is 1.18 bits per heavy atom. The third kappa shape index (κ3) is 4.46. The lowest BCUT2D eigenvalue weighted by Gasteiger charge is -2.21. The van der Waals surface area contributed by atoms with Crippen LogP contribution in [-0.2, 0) is 14.8 Å². The van der Waals surface area contributed by atoms with E-state index in [4.69, 9.17) is 5.11 Å². The maximum absolute atomic E-state index is 13.0. The van der Waals surface area contributed by atoms with Crippen LogP contribution in [0.25, 0.3) is 11.2 Å². The average Bonchev–Trinajstić information content (AvgIpc) is 3.44. The fourth-order valence-electron chi connectivity index (χ4n) is 3.90. The summed E-state index contributed by atoms with van der Waals surface area (Å²) in [7, 11) is -2.33. The Bertz CT molecular complexity index is 1300. The summed E-state index contributed by atoms with van der Waals surface area (Å²) in [5.74, 6) is -0.335. The largest absolute Gasteiger partial charge is 0.465 e. The molecule has 3 aromatic rings. The molecule has 1 aliphatic carbocycles. The number of nitrogens with one attached hydrogen (secondary N) is 2. The number of amides is 2. The summed E-state index contributed by atoms with van der Waals surface area (Å²) in [5.41, 5.74) is 6.75. The van der Waals surface area contributed by atoms with Gasteiger partial charge in [-0.2, -0.15) is 0 Å². The van der Waals surface area contributed by atoms with Crippen LogP contribution in [0.1, 0.15) is 24.8 Å². The number of carbonyl (C=O) groups excluding carboxylic acids is 1. The Kier molecular flexibility index (Phi) is 5.93. The summed E-state index contributed by atoms with van der Waals surface area (Å²) in [6.07, 6.45) is 3.36. The van der Waals surface area contributed by atoms with Gasteiger partial charge in [0.15, 0.2) is 11.5 Å². The van der Waals surface area contributed by atoms with Gasteiger partial charge < -0.3 is 10.0 Å². The van der Waals surface area contributed by atoms with Gasteiger partial charge in [0.05, 0.1) is 11.1 Å². The number of anilines is 1. The van der Waals surface area contributed by atoms with Crippen LogP contribution in [0.5, 0.6) is 0 Å². The maximum atomic E-state index is 13.0. The zero-order chi connectivity index (χ0) is 23.8. The summed E-state index contributed by atoms with van der Waals surface area (Å²) >= 11 is 0. The number of hydrogen-bond acceptors (Lipinski definition) is 7. The van der Waals surface area contributed by atoms with Gasteiger partial charge in [-0.3, -0.25) is 15.6 Å². The lowest BCUT2D eigenvalue weighted by molar-refractivity contribution is -0.124. The van der Waals surface area contributed by atoms with Crippen molar-refractivity contribution in [2.45, 2.75) is 37.1 Å². The highest BCUT2D eigenvalue weighted by Crippen LogP contribution is 2.29. The molecule has 2 aromatic heterocycles. The molecule has 2 heterocycles. The first-order valence-corrected chi connectivity index (χ1v) is 11.8. The number of benzene rings is 1. The molecule has 2 amide bonds. The summed E-state index contributed by atoms with van der Waals surface area (Å²) in [6.45, 7) is 1.87. The number of hydrogen-bond donors (Lipinski definition) is 3. The van der Waals surface area contributed by atoms with Gasteiger partial charge in [0.1, 0.15) is 5.52 Å². The van der Waals surface area contributed by atoms with E-state index in [0.29, 0.717) is 24.8 Å². The number of aryl methyl sites for hydroxylation is 1. The minimum atomic E-state index is -3.83. The van der Waals surface area contributed by atoms with Crippen molar-refractivity contribution in [1.29, 1.82) is 0 Å². The molecule has 4 rings (SSSR count). The smallest absolute Gasteiger partial charge is 0.407 e. The zero-order valence-electron chi connectivity index (χ0n) is 18.1. The third-order valence-corrected chi connectivity index (χ3v) is 7.55. The number of fused-ring (bicyclic) bond motifs is 1. The number of nitrogens with zero attached hydrogens (tertiary/aromatic N) is 4. The molecule has 11 nitrogen and oxygen atoms in total. The molecule has 0 bridgehead atoms. The normalized spacial score (nSPS) is 18.2. The number of hydrazine groups is 1. The lowest BCUT2D eigenvalue weighted by Crippen LogP contribution is -2.37. The first-order valence-electron chi connectivity index (χ1n) is 10.3. The van der Waals surface area contributed by atoms with Gasteiger partial charge in [0.2, 0.25) is 5.91 Å². The molecule has 1 fully saturated rings. The van der Waals surface area contributed by atoms with Crippen LogP contribution in [-0.4, -0.2) is 57.5 Å². The molecule has 2 atom stereocenters. The van der Waals surface area contributed by atoms with Crippen molar-refractivity contribution in [2.24, 2.45) is 5.92 Å². The molecular weight excluding hydrogens is 448 g/mol. The van der Waals surface area contributed by atoms with Gasteiger partial charge in [-0.05, 0) is 44.4 Å². The zero-order valence-corrected chi connectivity index (χ0v) is 18.9. The van der Waals surface area contributed by atoms with E-state index < -0.39 is 16.1 Å². The molecule has 1 saturated carbocycles. The fraction of sp³-hybridized carbons (Fsp3) is 0.333. The highest BCUT2D eigenvalue weighted by atomic mass is 32.2. The minimum Gasteiger partial charge on any atom is -0.465 e. The van der Waals surface area contributed by atoms with Crippen molar-refractivity contribution >= 4 is 39.0 Å². The number of carbonyl (C=O) groups is 2. The average molecular weight is 473 g/mol. The molecule has 0 spiro atoms. The molecule has 33 heavy (non-hydrogen) atoms. The van der Waals surface area contributed by atoms with Crippen LogP contribution in [0.2, 0.25) is 0 Å². The molecule has 1 aromatic carbocycles. The van der Waals surface area contributed by atoms with E-state index in [1.165, 1.54) is 42.5 Å². The van der Waals surface area contributed by atoms with Crippen molar-refractivity contribution in [3.63, 3.8) is 0 Å². The summed E-state index contributed by atoms with van der Waals surface area (Å²) in [6, 6.07) is 7.87. The standard InChI is InChI=1S/C21H24N6O5S/c1-13-3-7-16(8-4-13)33(31,32)27-10-9-17-19(27)22-12-18(23-17)24-25-20(28)14-5-6-15(11-14)26(2)21(29)30/h3-4,7-10,12,14-15H,5-6,11H2,1-2H3,(H,23,24)(H,25,28)(H,29,30)/t14-,15-/m1/s1. The van der Waals surface area contributed by atoms with E-state index in [1.54, 1.807) is 12.1 Å². The van der Waals surface area contributed by atoms with Crippen molar-refractivity contribution in [3.05, 3.63) is 48.3 Å². The van der Waals surface area contributed by atoms with Gasteiger partial charge in [0.25, 0.3) is 10.0 Å². The predicted molar refractivity (Wildman–Crippen MR) is 120 cm³/mol. The molecule has 12 heteroatoms. The second kappa shape index (κ2) is 8.70. The van der Waals surface area contributed by atoms with Crippen LogP contribution < -0.4 is 10.9 Å². The number of carboxylic acid groups (broad SMARTS) is 1. The Labute approximate surface area is 190 Å². The van der Waals surface area contributed by atoms with Crippen LogP contribution in [0, 0.1) is 12.8 Å². The minimum absolute atomic E-state index is 0.144. The predicted octanol–water partition coefficient (Wildman–Crippen LogP) is 2.20. The molecule has 0 unspecified atom stereocenters. The van der Waals surface area contributed by atoms with Crippen molar-refractivity contribution < 1.29 is 23.1 Å². The van der Waals surface area contributed by atoms with E-state index in [0.717, 1.165) is 9.54 Å². The van der Waals surface area contributed by atoms with Crippen LogP contribution in [0.15, 0.2) is 47.6 Å². The van der Waals surface area contributed by atoms with Gasteiger partial charge in [-0.1, -0.05) is 17.7 Å². The van der Waals surface area contributed by atoms with Gasteiger partial charge in [-0.15, -0.1) is 0 Å². The molecular formula is C21H24N6O5S. The van der Waals surface area contributed by atoms with Crippen molar-refractivity contribution in [2.75, 3.05) is 12.5 Å². The van der Waals surface area contributed by atoms with E-state index in [9.17, 15) is 18.0 Å². The fourth-order valence-corrected chi connectivity index (χ4v) is 5.19. The highest BCUT2D eigenvalue weighted by Gasteiger charge is 2.33. The highest BCUT2D eigenvalue weighted by molar-refractivity contribution is 7.90. The first kappa shape index (κ1) is 22.5. The van der Waals surface area contributed by atoms with E-state index in [1.807, 2.05) is 6.92 Å². The Morgan fingerprint density at radius 3 is 2.61 bits per heavy atom. The quantitative estimate of drug-likeness (QED) is 0.463. The molecule has 0 aliphatic heterocycles. The van der Waals surface area contributed by atoms with Gasteiger partial charge >= 0.3 is 6.09 Å². The topological polar surface area (TPSA) is 147 Å². The maximum Gasteiger partial charge on any atom is 0.407 e. The van der Waals surface area contributed by atoms with E-state index in [2.05, 4.69) is 20.8 Å². The Hall–Kier alpha value is -3.67. The second-order valence-electron chi connectivity index (χ2n) is 8.07. The molecule has 1 aliphatic rings. The van der Waals surface area contributed by atoms with Crippen molar-refractivity contribution in [3.8, 4) is 0 Å². The summed E-state index contributed by atoms with van der Waals surface area (Å²) in [4.78, 5) is 33.5. The molecule has 0 saturated heterocycles. The molecule has 0 radical (unpaired) electrons. The van der Waals surface area contributed by atoms with E-state index in [-0.39, 0.29) is 34.2 Å². The number of aromatic nitrogens is 3. The van der Waals surface area contributed by atoms with Crippen LogP contribution in [0.4, 0.5) is 10.6 Å². The monoisotopic (exact) mass is 472 g/mol.